The molecule has 1 aliphatic rings. The number of hydrogen-bond donors (Lipinski definition) is 1. The smallest absolute Gasteiger partial charge is 0.335 e. The zero-order valence-corrected chi connectivity index (χ0v) is 19.7. The third-order valence-electron chi connectivity index (χ3n) is 5.18. The number of aromatic carboxylic acids is 1. The summed E-state index contributed by atoms with van der Waals surface area (Å²) in [6, 6.07) is 26.4. The van der Waals surface area contributed by atoms with Crippen LogP contribution in [-0.2, 0) is 4.79 Å². The first-order valence-electron chi connectivity index (χ1n) is 10.6. The molecule has 0 unspecified atom stereocenters. The van der Waals surface area contributed by atoms with Crippen LogP contribution in [0.5, 0.6) is 0 Å². The first-order chi connectivity index (χ1) is 17.0. The quantitative estimate of drug-likeness (QED) is 0.295. The fourth-order valence-corrected chi connectivity index (χ4v) is 4.75. The van der Waals surface area contributed by atoms with E-state index in [9.17, 15) is 14.7 Å². The maximum absolute atomic E-state index is 13.4. The lowest BCUT2D eigenvalue weighted by molar-refractivity contribution is -0.113. The van der Waals surface area contributed by atoms with E-state index < -0.39 is 5.97 Å². The first kappa shape index (κ1) is 22.7. The molecule has 1 aromatic heterocycles. The number of carbonyl (C=O) groups excluding carboxylic acids is 1. The summed E-state index contributed by atoms with van der Waals surface area (Å²) in [5.41, 5.74) is 1.96. The number of rotatable bonds is 5. The van der Waals surface area contributed by atoms with Gasteiger partial charge in [-0.3, -0.25) is 9.69 Å². The van der Waals surface area contributed by atoms with Crippen LogP contribution in [0.1, 0.15) is 16.1 Å². The van der Waals surface area contributed by atoms with Crippen LogP contribution in [-0.4, -0.2) is 22.2 Å². The normalized spacial score (nSPS) is 15.8. The number of thioether (sulfide) groups is 1. The molecular formula is C27H17ClN2O4S. The number of amides is 1. The minimum atomic E-state index is -1.05. The third-order valence-corrected chi connectivity index (χ3v) is 6.48. The van der Waals surface area contributed by atoms with Crippen molar-refractivity contribution in [3.8, 4) is 11.3 Å². The lowest BCUT2D eigenvalue weighted by Gasteiger charge is -2.15. The molecule has 0 saturated carbocycles. The largest absolute Gasteiger partial charge is 0.478 e. The molecule has 6 nitrogen and oxygen atoms in total. The predicted octanol–water partition coefficient (Wildman–Crippen LogP) is 7.11. The summed E-state index contributed by atoms with van der Waals surface area (Å²) in [5, 5.41) is 10.3. The Morgan fingerprint density at radius 1 is 0.971 bits per heavy atom. The van der Waals surface area contributed by atoms with E-state index in [4.69, 9.17) is 16.0 Å². The van der Waals surface area contributed by atoms with Gasteiger partial charge < -0.3 is 9.52 Å². The van der Waals surface area contributed by atoms with Crippen molar-refractivity contribution in [2.75, 3.05) is 4.90 Å². The molecule has 0 radical (unpaired) electrons. The Balaban J connectivity index is 1.52. The number of nitrogens with zero attached hydrogens (tertiary/aromatic N) is 2. The second-order valence-corrected chi connectivity index (χ2v) is 8.93. The molecule has 35 heavy (non-hydrogen) atoms. The summed E-state index contributed by atoms with van der Waals surface area (Å²) in [7, 11) is 0. The molecule has 2 heterocycles. The van der Waals surface area contributed by atoms with Gasteiger partial charge in [-0.2, -0.15) is 0 Å². The van der Waals surface area contributed by atoms with Crippen LogP contribution in [0.15, 0.2) is 105 Å². The molecule has 1 N–H and O–H groups in total. The van der Waals surface area contributed by atoms with Crippen molar-refractivity contribution in [1.82, 2.24) is 0 Å². The van der Waals surface area contributed by atoms with Crippen LogP contribution < -0.4 is 4.90 Å². The molecule has 0 bridgehead atoms. The Kier molecular flexibility index (Phi) is 6.27. The molecule has 5 rings (SSSR count). The van der Waals surface area contributed by atoms with Gasteiger partial charge in [0.2, 0.25) is 0 Å². The standard InChI is InChI=1S/C27H17ClN2O4S/c28-22-12-5-4-11-21(22)23-14-13-20(34-23)16-24-25(31)30(19-9-2-1-3-10-19)27(35-24)29-18-8-6-7-17(15-18)26(32)33/h1-16H,(H,32,33)/b24-16+,29-27?. The topological polar surface area (TPSA) is 83.1 Å². The van der Waals surface area contributed by atoms with Gasteiger partial charge in [-0.25, -0.2) is 9.79 Å². The Hall–Kier alpha value is -4.07. The van der Waals surface area contributed by atoms with Crippen molar-refractivity contribution in [2.24, 2.45) is 4.99 Å². The van der Waals surface area contributed by atoms with Crippen LogP contribution in [0.3, 0.4) is 0 Å². The molecule has 1 aliphatic heterocycles. The first-order valence-corrected chi connectivity index (χ1v) is 11.7. The number of carboxylic acids is 1. The second kappa shape index (κ2) is 9.66. The summed E-state index contributed by atoms with van der Waals surface area (Å²) >= 11 is 7.47. The number of carboxylic acid groups (broad SMARTS) is 1. The van der Waals surface area contributed by atoms with E-state index in [-0.39, 0.29) is 11.5 Å². The van der Waals surface area contributed by atoms with E-state index >= 15 is 0 Å². The molecule has 0 atom stereocenters. The van der Waals surface area contributed by atoms with Gasteiger partial charge in [0.1, 0.15) is 11.5 Å². The molecule has 1 amide bonds. The third kappa shape index (κ3) is 4.77. The number of aliphatic imine (C=N–C) groups is 1. The van der Waals surface area contributed by atoms with Crippen molar-refractivity contribution in [1.29, 1.82) is 0 Å². The molecule has 3 aromatic carbocycles. The number of hydrogen-bond acceptors (Lipinski definition) is 5. The molecule has 8 heteroatoms. The van der Waals surface area contributed by atoms with Gasteiger partial charge in [-0.1, -0.05) is 48.0 Å². The van der Waals surface area contributed by atoms with Crippen molar-refractivity contribution >= 4 is 57.9 Å². The van der Waals surface area contributed by atoms with Crippen LogP contribution in [0.2, 0.25) is 5.02 Å². The zero-order chi connectivity index (χ0) is 24.4. The summed E-state index contributed by atoms with van der Waals surface area (Å²) in [6.07, 6.45) is 1.67. The number of furan rings is 1. The predicted molar refractivity (Wildman–Crippen MR) is 139 cm³/mol. The van der Waals surface area contributed by atoms with E-state index in [2.05, 4.69) is 4.99 Å². The Bertz CT molecular complexity index is 1490. The minimum absolute atomic E-state index is 0.117. The zero-order valence-electron chi connectivity index (χ0n) is 18.1. The second-order valence-electron chi connectivity index (χ2n) is 7.52. The van der Waals surface area contributed by atoms with Crippen LogP contribution >= 0.6 is 23.4 Å². The molecule has 0 aliphatic carbocycles. The highest BCUT2D eigenvalue weighted by Gasteiger charge is 2.35. The molecule has 0 spiro atoms. The number of carbonyl (C=O) groups is 2. The fraction of sp³-hybridized carbons (Fsp3) is 0. The van der Waals surface area contributed by atoms with Gasteiger partial charge in [0.05, 0.1) is 26.9 Å². The maximum Gasteiger partial charge on any atom is 0.335 e. The molecular weight excluding hydrogens is 484 g/mol. The van der Waals surface area contributed by atoms with Gasteiger partial charge >= 0.3 is 5.97 Å². The molecule has 1 fully saturated rings. The number of halogens is 1. The van der Waals surface area contributed by atoms with Gasteiger partial charge in [0, 0.05) is 11.6 Å². The lowest BCUT2D eigenvalue weighted by atomic mass is 10.2. The highest BCUT2D eigenvalue weighted by atomic mass is 35.5. The average molecular weight is 501 g/mol. The lowest BCUT2D eigenvalue weighted by Crippen LogP contribution is -2.28. The fourth-order valence-electron chi connectivity index (χ4n) is 3.54. The van der Waals surface area contributed by atoms with Crippen molar-refractivity contribution in [2.45, 2.75) is 0 Å². The summed E-state index contributed by atoms with van der Waals surface area (Å²) < 4.78 is 5.95. The monoisotopic (exact) mass is 500 g/mol. The maximum atomic E-state index is 13.4. The van der Waals surface area contributed by atoms with Crippen molar-refractivity contribution in [3.63, 3.8) is 0 Å². The summed E-state index contributed by atoms with van der Waals surface area (Å²) in [4.78, 5) is 31.3. The van der Waals surface area contributed by atoms with E-state index in [1.54, 1.807) is 36.4 Å². The number of benzene rings is 3. The van der Waals surface area contributed by atoms with E-state index in [0.29, 0.717) is 38.0 Å². The van der Waals surface area contributed by atoms with Crippen LogP contribution in [0.25, 0.3) is 17.4 Å². The molecule has 1 saturated heterocycles. The van der Waals surface area contributed by atoms with Crippen molar-refractivity contribution < 1.29 is 19.1 Å². The van der Waals surface area contributed by atoms with Gasteiger partial charge in [-0.05, 0) is 66.4 Å². The van der Waals surface area contributed by atoms with E-state index in [1.807, 2.05) is 48.5 Å². The van der Waals surface area contributed by atoms with Gasteiger partial charge in [0.15, 0.2) is 5.17 Å². The van der Waals surface area contributed by atoms with Gasteiger partial charge in [-0.15, -0.1) is 0 Å². The Morgan fingerprint density at radius 2 is 1.74 bits per heavy atom. The van der Waals surface area contributed by atoms with Gasteiger partial charge in [0.25, 0.3) is 5.91 Å². The molecule has 4 aromatic rings. The van der Waals surface area contributed by atoms with Crippen molar-refractivity contribution in [3.05, 3.63) is 112 Å². The Morgan fingerprint density at radius 3 is 2.51 bits per heavy atom. The summed E-state index contributed by atoms with van der Waals surface area (Å²) in [6.45, 7) is 0. The number of anilines is 1. The number of para-hydroxylation sites is 1. The Labute approximate surface area is 210 Å². The van der Waals surface area contributed by atoms with E-state index in [0.717, 1.165) is 5.56 Å². The summed E-state index contributed by atoms with van der Waals surface area (Å²) in [5.74, 6) is -0.213. The van der Waals surface area contributed by atoms with Crippen LogP contribution in [0, 0.1) is 0 Å². The SMILES string of the molecule is O=C(O)c1cccc(N=C2S/C(=C/c3ccc(-c4ccccc4Cl)o3)C(=O)N2c2ccccc2)c1. The highest BCUT2D eigenvalue weighted by Crippen LogP contribution is 2.38. The van der Waals surface area contributed by atoms with E-state index in [1.165, 1.54) is 28.8 Å². The molecule has 172 valence electrons. The number of amidine groups is 1. The minimum Gasteiger partial charge on any atom is -0.478 e. The highest BCUT2D eigenvalue weighted by molar-refractivity contribution is 8.19. The van der Waals surface area contributed by atoms with Crippen LogP contribution in [0.4, 0.5) is 11.4 Å². The average Bonchev–Trinajstić information content (AvgIpc) is 3.44.